The van der Waals surface area contributed by atoms with Crippen LogP contribution in [0.5, 0.6) is 0 Å². The number of hydrogen-bond donors (Lipinski definition) is 2. The number of ketones is 1. The lowest BCUT2D eigenvalue weighted by molar-refractivity contribution is -0.128. The zero-order valence-corrected chi connectivity index (χ0v) is 19.6. The number of hydrogen-bond acceptors (Lipinski definition) is 5. The topological polar surface area (TPSA) is 87.7 Å². The van der Waals surface area contributed by atoms with Crippen LogP contribution in [0.4, 0.5) is 0 Å². The van der Waals surface area contributed by atoms with Crippen LogP contribution in [0, 0.1) is 11.3 Å². The Balaban J connectivity index is 2.16. The third-order valence-corrected chi connectivity index (χ3v) is 6.27. The highest BCUT2D eigenvalue weighted by atomic mass is 16.5. The first-order valence-electron chi connectivity index (χ1n) is 11.0. The summed E-state index contributed by atoms with van der Waals surface area (Å²) in [7, 11) is 3.90. The van der Waals surface area contributed by atoms with Gasteiger partial charge >= 0.3 is 0 Å². The van der Waals surface area contributed by atoms with Gasteiger partial charge in [0.1, 0.15) is 18.7 Å². The van der Waals surface area contributed by atoms with Gasteiger partial charge in [0.25, 0.3) is 5.91 Å². The van der Waals surface area contributed by atoms with Crippen LogP contribution in [-0.2, 0) is 14.3 Å². The molecule has 1 aliphatic rings. The quantitative estimate of drug-likeness (QED) is 0.593. The minimum atomic E-state index is -0.756. The van der Waals surface area contributed by atoms with E-state index in [-0.39, 0.29) is 35.7 Å². The molecule has 2 N–H and O–H groups in total. The van der Waals surface area contributed by atoms with Crippen LogP contribution in [-0.4, -0.2) is 67.9 Å². The number of nitrogens with one attached hydrogen (secondary N) is 2. The number of carbonyl (C=O) groups is 3. The van der Waals surface area contributed by atoms with Gasteiger partial charge < -0.3 is 20.3 Å². The molecule has 1 saturated heterocycles. The Morgan fingerprint density at radius 1 is 1.19 bits per heavy atom. The summed E-state index contributed by atoms with van der Waals surface area (Å²) in [5.74, 6) is -0.482. The number of rotatable bonds is 10. The molecule has 0 aliphatic carbocycles. The standard InChI is InChI=1S/C24H37N3O4/c1-16(2)24(3,4)14-18(25-22(29)17-10-8-7-9-11-17)23(30)26-21-19(28)15-31-20(21)12-13-27(5)6/h7-11,16,18,20-21H,12-15H2,1-6H3,(H,25,29)(H,26,30)/t18-,20?,21?/m0/s1. The Labute approximate surface area is 185 Å². The summed E-state index contributed by atoms with van der Waals surface area (Å²) in [6.45, 7) is 9.10. The average Bonchev–Trinajstić information content (AvgIpc) is 3.05. The van der Waals surface area contributed by atoms with E-state index in [2.05, 4.69) is 38.3 Å². The largest absolute Gasteiger partial charge is 0.368 e. The Hall–Kier alpha value is -2.25. The van der Waals surface area contributed by atoms with Crippen LogP contribution in [0.15, 0.2) is 30.3 Å². The van der Waals surface area contributed by atoms with Crippen molar-refractivity contribution in [2.75, 3.05) is 27.2 Å². The van der Waals surface area contributed by atoms with E-state index >= 15 is 0 Å². The van der Waals surface area contributed by atoms with E-state index in [4.69, 9.17) is 4.74 Å². The van der Waals surface area contributed by atoms with Crippen molar-refractivity contribution < 1.29 is 19.1 Å². The third kappa shape index (κ3) is 7.14. The van der Waals surface area contributed by atoms with E-state index in [1.165, 1.54) is 0 Å². The summed E-state index contributed by atoms with van der Waals surface area (Å²) in [6.07, 6.45) is 0.740. The molecule has 2 rings (SSSR count). The van der Waals surface area contributed by atoms with Gasteiger partial charge in [0, 0.05) is 12.1 Å². The Morgan fingerprint density at radius 2 is 1.84 bits per heavy atom. The molecule has 0 saturated carbocycles. The first kappa shape index (κ1) is 25.0. The summed E-state index contributed by atoms with van der Waals surface area (Å²) in [4.78, 5) is 40.4. The van der Waals surface area contributed by atoms with Gasteiger partial charge in [0.15, 0.2) is 5.78 Å². The highest BCUT2D eigenvalue weighted by molar-refractivity contribution is 5.99. The lowest BCUT2D eigenvalue weighted by Crippen LogP contribution is -2.54. The van der Waals surface area contributed by atoms with Crippen molar-refractivity contribution in [3.63, 3.8) is 0 Å². The highest BCUT2D eigenvalue weighted by Gasteiger charge is 2.39. The number of amides is 2. The van der Waals surface area contributed by atoms with E-state index in [1.54, 1.807) is 24.3 Å². The molecule has 7 nitrogen and oxygen atoms in total. The summed E-state index contributed by atoms with van der Waals surface area (Å²) in [5.41, 5.74) is 0.304. The van der Waals surface area contributed by atoms with E-state index in [0.29, 0.717) is 24.3 Å². The monoisotopic (exact) mass is 431 g/mol. The fourth-order valence-electron chi connectivity index (χ4n) is 3.45. The molecular formula is C24H37N3O4. The molecule has 1 aliphatic heterocycles. The van der Waals surface area contributed by atoms with Crippen LogP contribution in [0.1, 0.15) is 50.9 Å². The molecule has 1 aromatic rings. The highest BCUT2D eigenvalue weighted by Crippen LogP contribution is 2.31. The van der Waals surface area contributed by atoms with E-state index in [0.717, 1.165) is 6.54 Å². The smallest absolute Gasteiger partial charge is 0.251 e. The Morgan fingerprint density at radius 3 is 2.42 bits per heavy atom. The predicted molar refractivity (Wildman–Crippen MR) is 121 cm³/mol. The lowest BCUT2D eigenvalue weighted by Gasteiger charge is -2.33. The SMILES string of the molecule is CC(C)C(C)(C)C[C@H](NC(=O)c1ccccc1)C(=O)NC1C(=O)COC1CCN(C)C. The van der Waals surface area contributed by atoms with Gasteiger partial charge in [-0.3, -0.25) is 14.4 Å². The molecule has 0 radical (unpaired) electrons. The first-order valence-corrected chi connectivity index (χ1v) is 11.0. The second kappa shape index (κ2) is 10.9. The van der Waals surface area contributed by atoms with Gasteiger partial charge in [-0.2, -0.15) is 0 Å². The van der Waals surface area contributed by atoms with Gasteiger partial charge in [-0.05, 0) is 50.4 Å². The van der Waals surface area contributed by atoms with Crippen LogP contribution < -0.4 is 10.6 Å². The Kier molecular flexibility index (Phi) is 8.77. The van der Waals surface area contributed by atoms with Crippen molar-refractivity contribution in [2.24, 2.45) is 11.3 Å². The molecule has 0 aromatic heterocycles. The van der Waals surface area contributed by atoms with Crippen molar-refractivity contribution in [3.05, 3.63) is 35.9 Å². The summed E-state index contributed by atoms with van der Waals surface area (Å²) in [6, 6.07) is 7.38. The minimum absolute atomic E-state index is 0.00156. The zero-order chi connectivity index (χ0) is 23.2. The molecule has 1 aromatic carbocycles. The summed E-state index contributed by atoms with van der Waals surface area (Å²) in [5, 5.41) is 5.76. The zero-order valence-electron chi connectivity index (χ0n) is 19.6. The molecule has 172 valence electrons. The third-order valence-electron chi connectivity index (χ3n) is 6.27. The van der Waals surface area contributed by atoms with Crippen molar-refractivity contribution in [1.29, 1.82) is 0 Å². The van der Waals surface area contributed by atoms with Gasteiger partial charge in [-0.1, -0.05) is 45.9 Å². The van der Waals surface area contributed by atoms with Crippen molar-refractivity contribution in [3.8, 4) is 0 Å². The number of carbonyl (C=O) groups excluding carboxylic acids is 3. The van der Waals surface area contributed by atoms with Gasteiger partial charge in [-0.15, -0.1) is 0 Å². The summed E-state index contributed by atoms with van der Waals surface area (Å²) >= 11 is 0. The van der Waals surface area contributed by atoms with E-state index in [9.17, 15) is 14.4 Å². The molecule has 7 heteroatoms. The van der Waals surface area contributed by atoms with Crippen LogP contribution in [0.25, 0.3) is 0 Å². The van der Waals surface area contributed by atoms with E-state index in [1.807, 2.05) is 25.1 Å². The molecule has 2 unspecified atom stereocenters. The van der Waals surface area contributed by atoms with Gasteiger partial charge in [-0.25, -0.2) is 0 Å². The van der Waals surface area contributed by atoms with Crippen LogP contribution in [0.2, 0.25) is 0 Å². The molecule has 0 bridgehead atoms. The fraction of sp³-hybridized carbons (Fsp3) is 0.625. The van der Waals surface area contributed by atoms with Crippen molar-refractivity contribution in [2.45, 2.75) is 58.7 Å². The fourth-order valence-corrected chi connectivity index (χ4v) is 3.45. The average molecular weight is 432 g/mol. The maximum Gasteiger partial charge on any atom is 0.251 e. The number of nitrogens with zero attached hydrogens (tertiary/aromatic N) is 1. The Bertz CT molecular complexity index is 761. The van der Waals surface area contributed by atoms with Crippen LogP contribution >= 0.6 is 0 Å². The van der Waals surface area contributed by atoms with E-state index < -0.39 is 12.1 Å². The minimum Gasteiger partial charge on any atom is -0.368 e. The first-order chi connectivity index (χ1) is 14.5. The molecule has 0 spiro atoms. The molecule has 2 amide bonds. The maximum atomic E-state index is 13.3. The number of Topliss-reactive ketones (excluding diaryl/α,β-unsaturated/α-hetero) is 1. The van der Waals surface area contributed by atoms with Gasteiger partial charge in [0.05, 0.1) is 6.10 Å². The molecule has 1 fully saturated rings. The second-order valence-corrected chi connectivity index (χ2v) is 9.63. The van der Waals surface area contributed by atoms with Crippen molar-refractivity contribution in [1.82, 2.24) is 15.5 Å². The molecule has 1 heterocycles. The lowest BCUT2D eigenvalue weighted by atomic mass is 9.76. The van der Waals surface area contributed by atoms with Crippen molar-refractivity contribution >= 4 is 17.6 Å². The predicted octanol–water partition coefficient (Wildman–Crippen LogP) is 2.26. The molecular weight excluding hydrogens is 394 g/mol. The number of ether oxygens (including phenoxy) is 1. The normalized spacial score (nSPS) is 20.2. The maximum absolute atomic E-state index is 13.3. The van der Waals surface area contributed by atoms with Gasteiger partial charge in [0.2, 0.25) is 5.91 Å². The summed E-state index contributed by atoms with van der Waals surface area (Å²) < 4.78 is 5.62. The van der Waals surface area contributed by atoms with Crippen LogP contribution in [0.3, 0.4) is 0 Å². The molecule has 3 atom stereocenters. The molecule has 31 heavy (non-hydrogen) atoms. The second-order valence-electron chi connectivity index (χ2n) is 9.63. The number of benzene rings is 1.